The minimum atomic E-state index is -0.103. The van der Waals surface area contributed by atoms with Gasteiger partial charge in [-0.25, -0.2) is 0 Å². The second kappa shape index (κ2) is 9.93. The maximum Gasteiger partial charge on any atom is 0.233 e. The Bertz CT molecular complexity index is 879. The summed E-state index contributed by atoms with van der Waals surface area (Å²) < 4.78 is 0. The van der Waals surface area contributed by atoms with Gasteiger partial charge < -0.3 is 10.6 Å². The molecule has 1 aromatic rings. The number of amides is 2. The highest BCUT2D eigenvalue weighted by Gasteiger charge is 2.58. The maximum absolute atomic E-state index is 12.8. The van der Waals surface area contributed by atoms with E-state index in [0.29, 0.717) is 19.5 Å². The first kappa shape index (κ1) is 24.7. The summed E-state index contributed by atoms with van der Waals surface area (Å²) >= 11 is 0. The van der Waals surface area contributed by atoms with Gasteiger partial charge in [0.15, 0.2) is 5.96 Å². The lowest BCUT2D eigenvalue weighted by molar-refractivity contribution is -0.140. The van der Waals surface area contributed by atoms with Crippen molar-refractivity contribution in [2.45, 2.75) is 39.0 Å². The van der Waals surface area contributed by atoms with E-state index in [1.54, 1.807) is 7.05 Å². The first-order valence-electron chi connectivity index (χ1n) is 11.4. The summed E-state index contributed by atoms with van der Waals surface area (Å²) in [5.74, 6) is 1.15. The molecule has 32 heavy (non-hydrogen) atoms. The zero-order valence-electron chi connectivity index (χ0n) is 19.4. The van der Waals surface area contributed by atoms with E-state index in [1.807, 2.05) is 0 Å². The van der Waals surface area contributed by atoms with Crippen LogP contribution >= 0.6 is 24.0 Å². The van der Waals surface area contributed by atoms with Crippen LogP contribution in [0.25, 0.3) is 0 Å². The molecule has 1 aromatic carbocycles. The molecule has 2 aliphatic carbocycles. The van der Waals surface area contributed by atoms with Crippen molar-refractivity contribution >= 4 is 41.8 Å². The molecular weight excluding hydrogens is 515 g/mol. The number of nitrogens with zero attached hydrogens (tertiary/aromatic N) is 2. The molecule has 1 heterocycles. The third kappa shape index (κ3) is 4.72. The summed E-state index contributed by atoms with van der Waals surface area (Å²) in [5, 5.41) is 6.72. The van der Waals surface area contributed by atoms with Crippen LogP contribution in [0.2, 0.25) is 0 Å². The fraction of sp³-hybridized carbons (Fsp3) is 0.560. The molecule has 174 valence electrons. The Morgan fingerprint density at radius 1 is 1.06 bits per heavy atom. The molecule has 7 heteroatoms. The number of rotatable bonds is 7. The number of fused-ring (bicyclic) bond motifs is 5. The van der Waals surface area contributed by atoms with E-state index >= 15 is 0 Å². The van der Waals surface area contributed by atoms with Crippen molar-refractivity contribution in [3.8, 4) is 0 Å². The van der Waals surface area contributed by atoms with Gasteiger partial charge in [0.2, 0.25) is 11.8 Å². The Kier molecular flexibility index (Phi) is 7.68. The Labute approximate surface area is 208 Å². The largest absolute Gasteiger partial charge is 0.356 e. The standard InChI is InChI=1S/C25H34N4O2.HI/c1-16-6-10-19(11-7-16)25(2,3)15-28-24(26-4)27-12-5-13-29-22(30)20-17-8-9-18(14-17)21(20)23(29)31;/h6-11,17-18,20-21H,5,12-15H2,1-4H3,(H2,26,27,28);1H. The Hall–Kier alpha value is -1.90. The Morgan fingerprint density at radius 3 is 2.22 bits per heavy atom. The van der Waals surface area contributed by atoms with Crippen LogP contribution in [-0.2, 0) is 15.0 Å². The molecule has 1 aliphatic heterocycles. The SMILES string of the molecule is CN=C(NCCCN1C(=O)C2C3C=CC(C3)C2C1=O)NCC(C)(C)c1ccc(C)cc1.I. The Balaban J connectivity index is 0.00000289. The van der Waals surface area contributed by atoms with Crippen molar-refractivity contribution in [2.24, 2.45) is 28.7 Å². The fourth-order valence-corrected chi connectivity index (χ4v) is 5.26. The number of hydrogen-bond acceptors (Lipinski definition) is 3. The van der Waals surface area contributed by atoms with E-state index in [2.05, 4.69) is 72.8 Å². The predicted octanol–water partition coefficient (Wildman–Crippen LogP) is 3.25. The zero-order chi connectivity index (χ0) is 22.2. The van der Waals surface area contributed by atoms with Gasteiger partial charge in [0.05, 0.1) is 11.8 Å². The lowest BCUT2D eigenvalue weighted by atomic mass is 9.84. The lowest BCUT2D eigenvalue weighted by Gasteiger charge is -2.27. The molecule has 0 aromatic heterocycles. The van der Waals surface area contributed by atoms with E-state index in [-0.39, 0.29) is 64.9 Å². The lowest BCUT2D eigenvalue weighted by Crippen LogP contribution is -2.44. The van der Waals surface area contributed by atoms with Crippen LogP contribution < -0.4 is 10.6 Å². The monoisotopic (exact) mass is 550 g/mol. The highest BCUT2D eigenvalue weighted by molar-refractivity contribution is 14.0. The van der Waals surface area contributed by atoms with Gasteiger partial charge in [0, 0.05) is 32.1 Å². The number of guanidine groups is 1. The van der Waals surface area contributed by atoms with Gasteiger partial charge in [-0.05, 0) is 37.2 Å². The minimum absolute atomic E-state index is 0. The van der Waals surface area contributed by atoms with Crippen molar-refractivity contribution in [3.63, 3.8) is 0 Å². The number of benzene rings is 1. The highest BCUT2D eigenvalue weighted by atomic mass is 127. The van der Waals surface area contributed by atoms with Gasteiger partial charge in [0.25, 0.3) is 0 Å². The maximum atomic E-state index is 12.8. The van der Waals surface area contributed by atoms with Crippen molar-refractivity contribution in [1.82, 2.24) is 15.5 Å². The molecule has 2 N–H and O–H groups in total. The van der Waals surface area contributed by atoms with Gasteiger partial charge >= 0.3 is 0 Å². The predicted molar refractivity (Wildman–Crippen MR) is 138 cm³/mol. The van der Waals surface area contributed by atoms with Crippen LogP contribution in [-0.4, -0.2) is 49.4 Å². The van der Waals surface area contributed by atoms with Crippen LogP contribution in [0.1, 0.15) is 37.8 Å². The van der Waals surface area contributed by atoms with Crippen LogP contribution in [0.4, 0.5) is 0 Å². The first-order valence-corrected chi connectivity index (χ1v) is 11.4. The number of carbonyl (C=O) groups is 2. The summed E-state index contributed by atoms with van der Waals surface area (Å²) in [6.45, 7) is 8.39. The molecule has 4 unspecified atom stereocenters. The number of hydrogen-bond donors (Lipinski definition) is 2. The molecule has 3 aliphatic rings. The van der Waals surface area contributed by atoms with Crippen LogP contribution in [0.3, 0.4) is 0 Å². The number of halogens is 1. The summed E-state index contributed by atoms with van der Waals surface area (Å²) in [4.78, 5) is 31.3. The van der Waals surface area contributed by atoms with Crippen molar-refractivity contribution in [1.29, 1.82) is 0 Å². The van der Waals surface area contributed by atoms with E-state index in [1.165, 1.54) is 16.0 Å². The molecule has 1 saturated carbocycles. The van der Waals surface area contributed by atoms with E-state index in [0.717, 1.165) is 18.9 Å². The van der Waals surface area contributed by atoms with Gasteiger partial charge in [-0.3, -0.25) is 19.5 Å². The van der Waals surface area contributed by atoms with Crippen LogP contribution in [0.15, 0.2) is 41.4 Å². The molecule has 2 amide bonds. The smallest absolute Gasteiger partial charge is 0.233 e. The number of likely N-dealkylation sites (tertiary alicyclic amines) is 1. The molecule has 2 fully saturated rings. The van der Waals surface area contributed by atoms with Crippen molar-refractivity contribution < 1.29 is 9.59 Å². The van der Waals surface area contributed by atoms with Crippen LogP contribution in [0, 0.1) is 30.6 Å². The third-order valence-electron chi connectivity index (χ3n) is 7.17. The average Bonchev–Trinajstić information content (AvgIpc) is 3.43. The normalized spacial score (nSPS) is 26.4. The molecule has 1 saturated heterocycles. The number of aryl methyl sites for hydroxylation is 1. The number of allylic oxidation sites excluding steroid dienone is 2. The zero-order valence-corrected chi connectivity index (χ0v) is 21.8. The summed E-state index contributed by atoms with van der Waals surface area (Å²) in [6.07, 6.45) is 5.95. The molecule has 2 bridgehead atoms. The van der Waals surface area contributed by atoms with Gasteiger partial charge in [-0.15, -0.1) is 24.0 Å². The average molecular weight is 550 g/mol. The molecule has 0 spiro atoms. The third-order valence-corrected chi connectivity index (χ3v) is 7.17. The van der Waals surface area contributed by atoms with Crippen LogP contribution in [0.5, 0.6) is 0 Å². The topological polar surface area (TPSA) is 73.8 Å². The van der Waals surface area contributed by atoms with E-state index in [4.69, 9.17) is 0 Å². The minimum Gasteiger partial charge on any atom is -0.356 e. The number of aliphatic imine (C=N–C) groups is 1. The second-order valence-electron chi connectivity index (χ2n) is 9.78. The molecular formula is C25H35IN4O2. The quantitative estimate of drug-likeness (QED) is 0.137. The summed E-state index contributed by atoms with van der Waals surface area (Å²) in [7, 11) is 1.76. The second-order valence-corrected chi connectivity index (χ2v) is 9.78. The number of carbonyl (C=O) groups excluding carboxylic acids is 2. The Morgan fingerprint density at radius 2 is 1.66 bits per heavy atom. The van der Waals surface area contributed by atoms with E-state index < -0.39 is 0 Å². The van der Waals surface area contributed by atoms with Gasteiger partial charge in [-0.2, -0.15) is 0 Å². The van der Waals surface area contributed by atoms with E-state index in [9.17, 15) is 9.59 Å². The molecule has 4 rings (SSSR count). The first-order chi connectivity index (χ1) is 14.8. The highest BCUT2D eigenvalue weighted by Crippen LogP contribution is 2.52. The number of nitrogens with one attached hydrogen (secondary N) is 2. The van der Waals surface area contributed by atoms with Crippen molar-refractivity contribution in [2.75, 3.05) is 26.7 Å². The molecule has 6 nitrogen and oxygen atoms in total. The van der Waals surface area contributed by atoms with Gasteiger partial charge in [-0.1, -0.05) is 55.8 Å². The molecule has 4 atom stereocenters. The summed E-state index contributed by atoms with van der Waals surface area (Å²) in [5.41, 5.74) is 2.50. The number of imide groups is 1. The van der Waals surface area contributed by atoms with Gasteiger partial charge in [0.1, 0.15) is 0 Å². The van der Waals surface area contributed by atoms with Crippen molar-refractivity contribution in [3.05, 3.63) is 47.5 Å². The molecule has 0 radical (unpaired) electrons. The fourth-order valence-electron chi connectivity index (χ4n) is 5.26. The summed E-state index contributed by atoms with van der Waals surface area (Å²) in [6, 6.07) is 8.63.